The monoisotopic (exact) mass is 456 g/mol. The first-order valence-electron chi connectivity index (χ1n) is 11.0. The van der Waals surface area contributed by atoms with E-state index in [4.69, 9.17) is 0 Å². The Hall–Kier alpha value is -2.87. The average Bonchev–Trinajstić information content (AvgIpc) is 3.03. The van der Waals surface area contributed by atoms with Crippen molar-refractivity contribution in [3.05, 3.63) is 59.7 Å². The van der Waals surface area contributed by atoms with Crippen LogP contribution in [-0.4, -0.2) is 51.2 Å². The van der Waals surface area contributed by atoms with Crippen molar-refractivity contribution >= 4 is 27.5 Å². The highest BCUT2D eigenvalue weighted by Gasteiger charge is 2.33. The number of nitrogens with one attached hydrogen (secondary N) is 1. The molecule has 1 heterocycles. The number of rotatable bonds is 8. The number of benzene rings is 2. The maximum absolute atomic E-state index is 13.3. The number of amides is 1. The molecule has 1 amide bonds. The van der Waals surface area contributed by atoms with E-state index >= 15 is 0 Å². The number of nitrogens with zero attached hydrogens (tertiary/aromatic N) is 3. The van der Waals surface area contributed by atoms with Gasteiger partial charge in [0.05, 0.1) is 4.90 Å². The fourth-order valence-electron chi connectivity index (χ4n) is 3.84. The van der Waals surface area contributed by atoms with Crippen molar-refractivity contribution in [2.24, 2.45) is 10.9 Å². The Morgan fingerprint density at radius 2 is 1.66 bits per heavy atom. The SMILES string of the molecule is CCN(CC)c1ccc(CN(C)C(=O)[C@H](N=C2NS(=O)(=O)c3ccccc32)C(C)C)cc1. The summed E-state index contributed by atoms with van der Waals surface area (Å²) in [6.45, 7) is 10.4. The van der Waals surface area contributed by atoms with Crippen molar-refractivity contribution < 1.29 is 13.2 Å². The molecule has 3 rings (SSSR count). The van der Waals surface area contributed by atoms with Gasteiger partial charge in [0.1, 0.15) is 11.9 Å². The van der Waals surface area contributed by atoms with Gasteiger partial charge in [-0.1, -0.05) is 38.1 Å². The van der Waals surface area contributed by atoms with Gasteiger partial charge in [0.2, 0.25) is 5.91 Å². The molecular weight excluding hydrogens is 424 g/mol. The Morgan fingerprint density at radius 3 is 2.25 bits per heavy atom. The van der Waals surface area contributed by atoms with Gasteiger partial charge in [0.25, 0.3) is 10.0 Å². The normalized spacial score (nSPS) is 16.5. The number of likely N-dealkylation sites (N-methyl/N-ethyl adjacent to an activating group) is 1. The van der Waals surface area contributed by atoms with Crippen LogP contribution in [-0.2, 0) is 21.4 Å². The molecule has 0 bridgehead atoms. The Balaban J connectivity index is 1.79. The number of carbonyl (C=O) groups excluding carboxylic acids is 1. The van der Waals surface area contributed by atoms with Crippen LogP contribution >= 0.6 is 0 Å². The third kappa shape index (κ3) is 4.96. The highest BCUT2D eigenvalue weighted by molar-refractivity contribution is 7.90. The van der Waals surface area contributed by atoms with Crippen LogP contribution in [0.4, 0.5) is 5.69 Å². The van der Waals surface area contributed by atoms with Crippen LogP contribution in [0.15, 0.2) is 58.4 Å². The van der Waals surface area contributed by atoms with Crippen molar-refractivity contribution in [2.75, 3.05) is 25.0 Å². The van der Waals surface area contributed by atoms with Gasteiger partial charge in [-0.25, -0.2) is 8.42 Å². The Morgan fingerprint density at radius 1 is 1.03 bits per heavy atom. The predicted octanol–water partition coefficient (Wildman–Crippen LogP) is 3.25. The number of hydrogen-bond donors (Lipinski definition) is 1. The molecular formula is C24H32N4O3S. The van der Waals surface area contributed by atoms with Crippen molar-refractivity contribution in [3.63, 3.8) is 0 Å². The molecule has 0 saturated carbocycles. The summed E-state index contributed by atoms with van der Waals surface area (Å²) >= 11 is 0. The molecule has 1 N–H and O–H groups in total. The fraction of sp³-hybridized carbons (Fsp3) is 0.417. The van der Waals surface area contributed by atoms with Crippen LogP contribution in [0.1, 0.15) is 38.8 Å². The molecule has 0 radical (unpaired) electrons. The summed E-state index contributed by atoms with van der Waals surface area (Å²) in [5.41, 5.74) is 2.69. The molecule has 1 aliphatic heterocycles. The van der Waals surface area contributed by atoms with Crippen LogP contribution < -0.4 is 9.62 Å². The van der Waals surface area contributed by atoms with Gasteiger partial charge in [-0.05, 0) is 49.6 Å². The number of sulfonamides is 1. The second-order valence-corrected chi connectivity index (χ2v) is 9.95. The molecule has 172 valence electrons. The smallest absolute Gasteiger partial charge is 0.263 e. The van der Waals surface area contributed by atoms with E-state index in [-0.39, 0.29) is 22.6 Å². The van der Waals surface area contributed by atoms with Gasteiger partial charge in [0, 0.05) is 37.9 Å². The minimum atomic E-state index is -3.65. The van der Waals surface area contributed by atoms with Crippen molar-refractivity contribution in [1.29, 1.82) is 0 Å². The molecule has 0 saturated heterocycles. The lowest BCUT2D eigenvalue weighted by Crippen LogP contribution is -2.39. The number of anilines is 1. The molecule has 0 unspecified atom stereocenters. The second-order valence-electron chi connectivity index (χ2n) is 8.30. The summed E-state index contributed by atoms with van der Waals surface area (Å²) in [4.78, 5) is 21.9. The number of fused-ring (bicyclic) bond motifs is 1. The highest BCUT2D eigenvalue weighted by Crippen LogP contribution is 2.24. The summed E-state index contributed by atoms with van der Waals surface area (Å²) in [6.07, 6.45) is 0. The first-order valence-corrected chi connectivity index (χ1v) is 12.4. The van der Waals surface area contributed by atoms with Crippen molar-refractivity contribution in [3.8, 4) is 0 Å². The molecule has 0 fully saturated rings. The number of hydrogen-bond acceptors (Lipinski definition) is 5. The van der Waals surface area contributed by atoms with Gasteiger partial charge in [-0.15, -0.1) is 0 Å². The predicted molar refractivity (Wildman–Crippen MR) is 128 cm³/mol. The molecule has 8 heteroatoms. The standard InChI is InChI=1S/C24H32N4O3S/c1-6-28(7-2)19-14-12-18(13-15-19)16-27(5)24(29)22(17(3)4)25-23-20-10-8-9-11-21(20)32(30,31)26-23/h8-15,17,22H,6-7,16H2,1-5H3,(H,25,26)/t22-/m1/s1. The second kappa shape index (κ2) is 9.73. The van der Waals surface area contributed by atoms with E-state index in [0.717, 1.165) is 24.3 Å². The number of aliphatic imine (C=N–C) groups is 1. The molecule has 0 aliphatic carbocycles. The van der Waals surface area contributed by atoms with Crippen LogP contribution in [0.3, 0.4) is 0 Å². The molecule has 32 heavy (non-hydrogen) atoms. The number of amidine groups is 1. The average molecular weight is 457 g/mol. The molecule has 2 aromatic carbocycles. The minimum absolute atomic E-state index is 0.0974. The maximum Gasteiger partial charge on any atom is 0.263 e. The van der Waals surface area contributed by atoms with Gasteiger partial charge < -0.3 is 9.80 Å². The lowest BCUT2D eigenvalue weighted by molar-refractivity contribution is -0.132. The van der Waals surface area contributed by atoms with E-state index in [1.807, 2.05) is 26.0 Å². The van der Waals surface area contributed by atoms with Gasteiger partial charge in [-0.2, -0.15) is 0 Å². The first-order chi connectivity index (χ1) is 15.2. The third-order valence-corrected chi connectivity index (χ3v) is 7.07. The molecule has 0 spiro atoms. The Kier molecular flexibility index (Phi) is 7.23. The minimum Gasteiger partial charge on any atom is -0.372 e. The third-order valence-electron chi connectivity index (χ3n) is 5.68. The van der Waals surface area contributed by atoms with E-state index in [1.165, 1.54) is 0 Å². The zero-order valence-electron chi connectivity index (χ0n) is 19.4. The van der Waals surface area contributed by atoms with Crippen molar-refractivity contribution in [1.82, 2.24) is 9.62 Å². The van der Waals surface area contributed by atoms with Crippen LogP contribution in [0.5, 0.6) is 0 Å². The van der Waals surface area contributed by atoms with Gasteiger partial charge in [0.15, 0.2) is 0 Å². The van der Waals surface area contributed by atoms with E-state index < -0.39 is 16.1 Å². The highest BCUT2D eigenvalue weighted by atomic mass is 32.2. The van der Waals surface area contributed by atoms with E-state index in [9.17, 15) is 13.2 Å². The molecule has 0 aromatic heterocycles. The summed E-state index contributed by atoms with van der Waals surface area (Å²) in [5, 5.41) is 0. The summed E-state index contributed by atoms with van der Waals surface area (Å²) in [6, 6.07) is 14.2. The fourth-order valence-corrected chi connectivity index (χ4v) is 5.08. The van der Waals surface area contributed by atoms with E-state index in [2.05, 4.69) is 40.6 Å². The summed E-state index contributed by atoms with van der Waals surface area (Å²) < 4.78 is 27.3. The van der Waals surface area contributed by atoms with Gasteiger partial charge in [-0.3, -0.25) is 14.5 Å². The number of carbonyl (C=O) groups is 1. The van der Waals surface area contributed by atoms with Crippen molar-refractivity contribution in [2.45, 2.75) is 45.2 Å². The van der Waals surface area contributed by atoms with Crippen LogP contribution in [0, 0.1) is 5.92 Å². The zero-order chi connectivity index (χ0) is 23.5. The summed E-state index contributed by atoms with van der Waals surface area (Å²) in [7, 11) is -1.89. The van der Waals surface area contributed by atoms with E-state index in [1.54, 1.807) is 36.2 Å². The molecule has 1 atom stereocenters. The maximum atomic E-state index is 13.3. The van der Waals surface area contributed by atoms with Crippen LogP contribution in [0.25, 0.3) is 0 Å². The largest absolute Gasteiger partial charge is 0.372 e. The Labute approximate surface area is 191 Å². The van der Waals surface area contributed by atoms with Gasteiger partial charge >= 0.3 is 0 Å². The lowest BCUT2D eigenvalue weighted by Gasteiger charge is -2.25. The molecule has 7 nitrogen and oxygen atoms in total. The first kappa shape index (κ1) is 23.8. The molecule has 2 aromatic rings. The quantitative estimate of drug-likeness (QED) is 0.661. The zero-order valence-corrected chi connectivity index (χ0v) is 20.2. The Bertz CT molecular complexity index is 1090. The topological polar surface area (TPSA) is 82.1 Å². The molecule has 1 aliphatic rings. The lowest BCUT2D eigenvalue weighted by atomic mass is 10.0. The van der Waals surface area contributed by atoms with Crippen LogP contribution in [0.2, 0.25) is 0 Å². The summed E-state index contributed by atoms with van der Waals surface area (Å²) in [5.74, 6) is -0.0201. The van der Waals surface area contributed by atoms with E-state index in [0.29, 0.717) is 12.1 Å².